The maximum Gasteiger partial charge on any atom is 0.220 e. The zero-order chi connectivity index (χ0) is 13.6. The lowest BCUT2D eigenvalue weighted by molar-refractivity contribution is -0.124. The van der Waals surface area contributed by atoms with Gasteiger partial charge in [0.1, 0.15) is 0 Å². The van der Waals surface area contributed by atoms with E-state index in [1.807, 2.05) is 6.92 Å². The summed E-state index contributed by atoms with van der Waals surface area (Å²) in [5.74, 6) is 1.55. The van der Waals surface area contributed by atoms with Gasteiger partial charge >= 0.3 is 0 Å². The summed E-state index contributed by atoms with van der Waals surface area (Å²) >= 11 is 0. The van der Waals surface area contributed by atoms with E-state index in [1.54, 1.807) is 0 Å². The SMILES string of the molecule is CC(C)CC(C)CC(=O)NC(C)(CN)C(C)C. The fourth-order valence-corrected chi connectivity index (χ4v) is 2.01. The van der Waals surface area contributed by atoms with Gasteiger partial charge < -0.3 is 11.1 Å². The minimum Gasteiger partial charge on any atom is -0.349 e. The fourth-order valence-electron chi connectivity index (χ4n) is 2.01. The second kappa shape index (κ2) is 7.00. The summed E-state index contributed by atoms with van der Waals surface area (Å²) < 4.78 is 0. The Labute approximate surface area is 107 Å². The van der Waals surface area contributed by atoms with Crippen molar-refractivity contribution in [1.29, 1.82) is 0 Å². The Bertz CT molecular complexity index is 238. The summed E-state index contributed by atoms with van der Waals surface area (Å²) in [6.07, 6.45) is 1.69. The number of rotatable bonds is 7. The smallest absolute Gasteiger partial charge is 0.220 e. The Kier molecular flexibility index (Phi) is 6.76. The number of carbonyl (C=O) groups is 1. The lowest BCUT2D eigenvalue weighted by Gasteiger charge is -2.34. The highest BCUT2D eigenvalue weighted by Gasteiger charge is 2.28. The molecule has 0 aliphatic rings. The topological polar surface area (TPSA) is 55.1 Å². The fraction of sp³-hybridized carbons (Fsp3) is 0.929. The molecule has 0 aromatic rings. The predicted octanol–water partition coefficient (Wildman–Crippen LogP) is 2.55. The maximum atomic E-state index is 11.9. The van der Waals surface area contributed by atoms with E-state index < -0.39 is 0 Å². The van der Waals surface area contributed by atoms with Gasteiger partial charge in [-0.1, -0.05) is 34.6 Å². The quantitative estimate of drug-likeness (QED) is 0.721. The van der Waals surface area contributed by atoms with Gasteiger partial charge in [-0.3, -0.25) is 4.79 Å². The molecule has 102 valence electrons. The highest BCUT2D eigenvalue weighted by atomic mass is 16.1. The third-order valence-electron chi connectivity index (χ3n) is 3.53. The summed E-state index contributed by atoms with van der Waals surface area (Å²) in [5.41, 5.74) is 5.47. The highest BCUT2D eigenvalue weighted by molar-refractivity contribution is 5.77. The highest BCUT2D eigenvalue weighted by Crippen LogP contribution is 2.18. The van der Waals surface area contributed by atoms with Gasteiger partial charge in [0.2, 0.25) is 5.91 Å². The molecule has 3 N–H and O–H groups in total. The largest absolute Gasteiger partial charge is 0.349 e. The van der Waals surface area contributed by atoms with Crippen molar-refractivity contribution in [3.05, 3.63) is 0 Å². The number of amides is 1. The van der Waals surface area contributed by atoms with Crippen LogP contribution in [0, 0.1) is 17.8 Å². The van der Waals surface area contributed by atoms with Crippen molar-refractivity contribution in [2.45, 2.75) is 59.9 Å². The van der Waals surface area contributed by atoms with Crippen LogP contribution in [-0.2, 0) is 4.79 Å². The summed E-state index contributed by atoms with van der Waals surface area (Å²) in [7, 11) is 0. The molecular weight excluding hydrogens is 212 g/mol. The molecule has 3 heteroatoms. The Morgan fingerprint density at radius 2 is 1.76 bits per heavy atom. The van der Waals surface area contributed by atoms with E-state index in [0.717, 1.165) is 6.42 Å². The van der Waals surface area contributed by atoms with Crippen molar-refractivity contribution in [1.82, 2.24) is 5.32 Å². The summed E-state index contributed by atoms with van der Waals surface area (Å²) in [5, 5.41) is 3.08. The third-order valence-corrected chi connectivity index (χ3v) is 3.53. The normalized spacial score (nSPS) is 17.0. The van der Waals surface area contributed by atoms with E-state index in [-0.39, 0.29) is 11.4 Å². The van der Waals surface area contributed by atoms with Crippen molar-refractivity contribution in [2.75, 3.05) is 6.54 Å². The van der Waals surface area contributed by atoms with Crippen LogP contribution in [0.15, 0.2) is 0 Å². The van der Waals surface area contributed by atoms with Crippen molar-refractivity contribution in [3.63, 3.8) is 0 Å². The van der Waals surface area contributed by atoms with Crippen LogP contribution in [0.25, 0.3) is 0 Å². The molecule has 0 spiro atoms. The average molecular weight is 242 g/mol. The Balaban J connectivity index is 4.25. The Hall–Kier alpha value is -0.570. The predicted molar refractivity (Wildman–Crippen MR) is 73.7 cm³/mol. The van der Waals surface area contributed by atoms with Gasteiger partial charge in [-0.25, -0.2) is 0 Å². The van der Waals surface area contributed by atoms with Crippen LogP contribution in [-0.4, -0.2) is 18.0 Å². The molecule has 0 aromatic carbocycles. The molecule has 2 unspecified atom stereocenters. The molecule has 3 nitrogen and oxygen atoms in total. The Morgan fingerprint density at radius 1 is 1.24 bits per heavy atom. The second-order valence-corrected chi connectivity index (χ2v) is 6.26. The van der Waals surface area contributed by atoms with Gasteiger partial charge in [0, 0.05) is 13.0 Å². The number of carbonyl (C=O) groups excluding carboxylic acids is 1. The first kappa shape index (κ1) is 16.4. The molecule has 0 aromatic heterocycles. The molecule has 0 heterocycles. The molecule has 0 saturated carbocycles. The first-order valence-corrected chi connectivity index (χ1v) is 6.72. The van der Waals surface area contributed by atoms with Gasteiger partial charge in [0.25, 0.3) is 0 Å². The van der Waals surface area contributed by atoms with Crippen LogP contribution in [0.3, 0.4) is 0 Å². The molecule has 0 rings (SSSR count). The standard InChI is InChI=1S/C14H30N2O/c1-10(2)7-12(5)8-13(17)16-14(6,9-15)11(3)4/h10-12H,7-9,15H2,1-6H3,(H,16,17). The van der Waals surface area contributed by atoms with Crippen molar-refractivity contribution >= 4 is 5.91 Å². The molecule has 0 aliphatic heterocycles. The number of hydrogen-bond donors (Lipinski definition) is 2. The van der Waals surface area contributed by atoms with Crippen molar-refractivity contribution in [2.24, 2.45) is 23.5 Å². The van der Waals surface area contributed by atoms with E-state index >= 15 is 0 Å². The molecule has 1 amide bonds. The zero-order valence-corrected chi connectivity index (χ0v) is 12.3. The van der Waals surface area contributed by atoms with E-state index in [4.69, 9.17) is 5.73 Å². The van der Waals surface area contributed by atoms with Crippen LogP contribution in [0.4, 0.5) is 0 Å². The van der Waals surface area contributed by atoms with Gasteiger partial charge in [-0.2, -0.15) is 0 Å². The van der Waals surface area contributed by atoms with E-state index in [0.29, 0.717) is 30.7 Å². The lowest BCUT2D eigenvalue weighted by atomic mass is 9.87. The summed E-state index contributed by atoms with van der Waals surface area (Å²) in [6.45, 7) is 13.2. The Morgan fingerprint density at radius 3 is 2.12 bits per heavy atom. The van der Waals surface area contributed by atoms with Crippen molar-refractivity contribution in [3.8, 4) is 0 Å². The van der Waals surface area contributed by atoms with Crippen LogP contribution in [0.5, 0.6) is 0 Å². The molecular formula is C14H30N2O. The minimum absolute atomic E-state index is 0.125. The van der Waals surface area contributed by atoms with Crippen LogP contribution in [0.2, 0.25) is 0 Å². The molecule has 17 heavy (non-hydrogen) atoms. The first-order chi connectivity index (χ1) is 7.71. The number of nitrogens with one attached hydrogen (secondary N) is 1. The third kappa shape index (κ3) is 6.06. The van der Waals surface area contributed by atoms with E-state index in [1.165, 1.54) is 0 Å². The molecule has 0 bridgehead atoms. The van der Waals surface area contributed by atoms with Crippen LogP contribution in [0.1, 0.15) is 54.4 Å². The second-order valence-electron chi connectivity index (χ2n) is 6.26. The molecule has 0 aliphatic carbocycles. The van der Waals surface area contributed by atoms with Crippen molar-refractivity contribution < 1.29 is 4.79 Å². The molecule has 2 atom stereocenters. The number of nitrogens with two attached hydrogens (primary N) is 1. The molecule has 0 radical (unpaired) electrons. The van der Waals surface area contributed by atoms with E-state index in [2.05, 4.69) is 39.9 Å². The van der Waals surface area contributed by atoms with Gasteiger partial charge in [0.05, 0.1) is 5.54 Å². The minimum atomic E-state index is -0.283. The monoisotopic (exact) mass is 242 g/mol. The molecule has 0 fully saturated rings. The molecule has 0 saturated heterocycles. The number of hydrogen-bond acceptors (Lipinski definition) is 2. The van der Waals surface area contributed by atoms with Gasteiger partial charge in [-0.15, -0.1) is 0 Å². The summed E-state index contributed by atoms with van der Waals surface area (Å²) in [4.78, 5) is 11.9. The van der Waals surface area contributed by atoms with Crippen LogP contribution >= 0.6 is 0 Å². The summed E-state index contributed by atoms with van der Waals surface area (Å²) in [6, 6.07) is 0. The average Bonchev–Trinajstić information content (AvgIpc) is 2.15. The first-order valence-electron chi connectivity index (χ1n) is 6.72. The van der Waals surface area contributed by atoms with E-state index in [9.17, 15) is 4.79 Å². The van der Waals surface area contributed by atoms with Gasteiger partial charge in [0.15, 0.2) is 0 Å². The lowest BCUT2D eigenvalue weighted by Crippen LogP contribution is -2.55. The maximum absolute atomic E-state index is 11.9. The van der Waals surface area contributed by atoms with Gasteiger partial charge in [-0.05, 0) is 31.1 Å². The van der Waals surface area contributed by atoms with Crippen LogP contribution < -0.4 is 11.1 Å². The zero-order valence-electron chi connectivity index (χ0n) is 12.3.